The maximum Gasteiger partial charge on any atom is 0.337 e. The molecule has 0 spiro atoms. The maximum absolute atomic E-state index is 12.8. The minimum atomic E-state index is -1.08. The Morgan fingerprint density at radius 3 is 2.72 bits per heavy atom. The van der Waals surface area contributed by atoms with Crippen molar-refractivity contribution in [2.45, 2.75) is 26.7 Å². The molecule has 0 radical (unpaired) electrons. The molecule has 3 aromatic rings. The average Bonchev–Trinajstić information content (AvgIpc) is 3.01. The molecule has 3 heterocycles. The number of aromatic carboxylic acids is 1. The Morgan fingerprint density at radius 1 is 1.28 bits per heavy atom. The highest BCUT2D eigenvalue weighted by atomic mass is 16.4. The number of rotatable bonds is 5. The summed E-state index contributed by atoms with van der Waals surface area (Å²) in [4.78, 5) is 28.5. The van der Waals surface area contributed by atoms with E-state index in [1.165, 1.54) is 22.7 Å². The van der Waals surface area contributed by atoms with Crippen molar-refractivity contribution in [2.75, 3.05) is 0 Å². The number of nitrogens with zero attached hydrogens (tertiary/aromatic N) is 2. The zero-order chi connectivity index (χ0) is 18.0. The second kappa shape index (κ2) is 6.76. The fourth-order valence-corrected chi connectivity index (χ4v) is 2.65. The SMILES string of the molecule is CCCc1c(C=Cc2ccc(C)o2)nc2ccc(C(=O)O)cn2c1=O. The highest BCUT2D eigenvalue weighted by Gasteiger charge is 2.12. The van der Waals surface area contributed by atoms with Crippen molar-refractivity contribution >= 4 is 23.8 Å². The van der Waals surface area contributed by atoms with E-state index in [-0.39, 0.29) is 11.1 Å². The maximum atomic E-state index is 12.8. The van der Waals surface area contributed by atoms with Gasteiger partial charge in [-0.05, 0) is 49.8 Å². The fourth-order valence-electron chi connectivity index (χ4n) is 2.65. The quantitative estimate of drug-likeness (QED) is 0.770. The molecule has 6 nitrogen and oxygen atoms in total. The molecular formula is C19H18N2O4. The van der Waals surface area contributed by atoms with E-state index in [0.717, 1.165) is 12.2 Å². The number of hydrogen-bond donors (Lipinski definition) is 1. The Kier molecular flexibility index (Phi) is 4.52. The number of aryl methyl sites for hydroxylation is 1. The summed E-state index contributed by atoms with van der Waals surface area (Å²) in [5, 5.41) is 9.12. The van der Waals surface area contributed by atoms with E-state index < -0.39 is 5.97 Å². The monoisotopic (exact) mass is 338 g/mol. The molecule has 0 fully saturated rings. The van der Waals surface area contributed by atoms with E-state index in [4.69, 9.17) is 9.52 Å². The molecule has 6 heteroatoms. The minimum Gasteiger partial charge on any atom is -0.478 e. The Labute approximate surface area is 144 Å². The predicted octanol–water partition coefficient (Wildman–Crippen LogP) is 3.42. The molecule has 0 unspecified atom stereocenters. The molecule has 25 heavy (non-hydrogen) atoms. The van der Waals surface area contributed by atoms with Gasteiger partial charge in [0.1, 0.15) is 17.2 Å². The number of carbonyl (C=O) groups is 1. The molecule has 0 amide bonds. The van der Waals surface area contributed by atoms with Gasteiger partial charge >= 0.3 is 5.97 Å². The van der Waals surface area contributed by atoms with E-state index in [0.29, 0.717) is 29.1 Å². The van der Waals surface area contributed by atoms with Crippen LogP contribution in [0.4, 0.5) is 0 Å². The average molecular weight is 338 g/mol. The Hall–Kier alpha value is -3.15. The van der Waals surface area contributed by atoms with Crippen LogP contribution in [0.15, 0.2) is 39.7 Å². The summed E-state index contributed by atoms with van der Waals surface area (Å²) in [5.41, 5.74) is 1.34. The smallest absolute Gasteiger partial charge is 0.337 e. The van der Waals surface area contributed by atoms with Gasteiger partial charge in [0, 0.05) is 11.8 Å². The lowest BCUT2D eigenvalue weighted by molar-refractivity contribution is 0.0696. The number of fused-ring (bicyclic) bond motifs is 1. The Bertz CT molecular complexity index is 1030. The number of carboxylic acid groups (broad SMARTS) is 1. The minimum absolute atomic E-state index is 0.0493. The summed E-state index contributed by atoms with van der Waals surface area (Å²) in [7, 11) is 0. The summed E-state index contributed by atoms with van der Waals surface area (Å²) in [6.45, 7) is 3.84. The molecule has 128 valence electrons. The molecule has 0 atom stereocenters. The van der Waals surface area contributed by atoms with Crippen LogP contribution in [-0.2, 0) is 6.42 Å². The van der Waals surface area contributed by atoms with Crippen LogP contribution in [0.25, 0.3) is 17.8 Å². The topological polar surface area (TPSA) is 84.8 Å². The molecule has 1 N–H and O–H groups in total. The van der Waals surface area contributed by atoms with Crippen molar-refractivity contribution in [1.82, 2.24) is 9.38 Å². The highest BCUT2D eigenvalue weighted by Crippen LogP contribution is 2.14. The van der Waals surface area contributed by atoms with Gasteiger partial charge in [0.2, 0.25) is 0 Å². The lowest BCUT2D eigenvalue weighted by Gasteiger charge is -2.08. The molecule has 0 saturated carbocycles. The number of pyridine rings is 1. The van der Waals surface area contributed by atoms with Crippen molar-refractivity contribution in [2.24, 2.45) is 0 Å². The van der Waals surface area contributed by atoms with Gasteiger partial charge in [0.25, 0.3) is 5.56 Å². The van der Waals surface area contributed by atoms with Gasteiger partial charge < -0.3 is 9.52 Å². The largest absolute Gasteiger partial charge is 0.478 e. The van der Waals surface area contributed by atoms with E-state index >= 15 is 0 Å². The fraction of sp³-hybridized carbons (Fsp3) is 0.211. The van der Waals surface area contributed by atoms with Crippen LogP contribution in [0, 0.1) is 6.92 Å². The molecule has 3 aromatic heterocycles. The first kappa shape index (κ1) is 16.7. The summed E-state index contributed by atoms with van der Waals surface area (Å²) in [5.74, 6) is 0.410. The van der Waals surface area contributed by atoms with Gasteiger partial charge in [-0.2, -0.15) is 0 Å². The summed E-state index contributed by atoms with van der Waals surface area (Å²) >= 11 is 0. The van der Waals surface area contributed by atoms with Crippen molar-refractivity contribution in [3.63, 3.8) is 0 Å². The van der Waals surface area contributed by atoms with Crippen molar-refractivity contribution in [3.8, 4) is 0 Å². The van der Waals surface area contributed by atoms with E-state index in [1.54, 1.807) is 12.2 Å². The molecule has 0 bridgehead atoms. The van der Waals surface area contributed by atoms with Crippen LogP contribution in [0.2, 0.25) is 0 Å². The zero-order valence-electron chi connectivity index (χ0n) is 14.0. The van der Waals surface area contributed by atoms with Crippen LogP contribution in [0.1, 0.15) is 46.5 Å². The van der Waals surface area contributed by atoms with Gasteiger partial charge in [-0.25, -0.2) is 9.78 Å². The third kappa shape index (κ3) is 3.38. The number of furan rings is 1. The molecule has 0 aliphatic carbocycles. The Morgan fingerprint density at radius 2 is 2.08 bits per heavy atom. The third-order valence-corrected chi connectivity index (χ3v) is 3.86. The second-order valence-corrected chi connectivity index (χ2v) is 5.76. The first-order valence-corrected chi connectivity index (χ1v) is 8.02. The summed E-state index contributed by atoms with van der Waals surface area (Å²) < 4.78 is 6.80. The molecule has 0 aromatic carbocycles. The van der Waals surface area contributed by atoms with Gasteiger partial charge in [-0.3, -0.25) is 9.20 Å². The van der Waals surface area contributed by atoms with Gasteiger partial charge in [-0.1, -0.05) is 13.3 Å². The summed E-state index contributed by atoms with van der Waals surface area (Å²) in [6, 6.07) is 6.68. The third-order valence-electron chi connectivity index (χ3n) is 3.86. The zero-order valence-corrected chi connectivity index (χ0v) is 14.0. The van der Waals surface area contributed by atoms with Crippen LogP contribution in [0.3, 0.4) is 0 Å². The number of hydrogen-bond acceptors (Lipinski definition) is 4. The Balaban J connectivity index is 2.15. The van der Waals surface area contributed by atoms with E-state index in [2.05, 4.69) is 4.98 Å². The van der Waals surface area contributed by atoms with Gasteiger partial charge in [0.15, 0.2) is 0 Å². The lowest BCUT2D eigenvalue weighted by Crippen LogP contribution is -2.22. The first-order chi connectivity index (χ1) is 12.0. The lowest BCUT2D eigenvalue weighted by atomic mass is 10.1. The van der Waals surface area contributed by atoms with Crippen molar-refractivity contribution in [3.05, 3.63) is 69.2 Å². The predicted molar refractivity (Wildman–Crippen MR) is 94.8 cm³/mol. The molecule has 0 saturated heterocycles. The van der Waals surface area contributed by atoms with E-state index in [1.807, 2.05) is 26.0 Å². The second-order valence-electron chi connectivity index (χ2n) is 5.76. The van der Waals surface area contributed by atoms with Crippen LogP contribution in [-0.4, -0.2) is 20.5 Å². The van der Waals surface area contributed by atoms with Crippen LogP contribution in [0.5, 0.6) is 0 Å². The van der Waals surface area contributed by atoms with Gasteiger partial charge in [-0.15, -0.1) is 0 Å². The van der Waals surface area contributed by atoms with Crippen LogP contribution < -0.4 is 5.56 Å². The number of aromatic nitrogens is 2. The van der Waals surface area contributed by atoms with Crippen LogP contribution >= 0.6 is 0 Å². The van der Waals surface area contributed by atoms with Crippen molar-refractivity contribution in [1.29, 1.82) is 0 Å². The van der Waals surface area contributed by atoms with Gasteiger partial charge in [0.05, 0.1) is 11.3 Å². The molecule has 3 rings (SSSR count). The normalized spacial score (nSPS) is 11.4. The molecular weight excluding hydrogens is 320 g/mol. The molecule has 0 aliphatic heterocycles. The summed E-state index contributed by atoms with van der Waals surface area (Å²) in [6.07, 6.45) is 6.19. The van der Waals surface area contributed by atoms with Crippen molar-refractivity contribution < 1.29 is 14.3 Å². The molecule has 0 aliphatic rings. The number of carboxylic acids is 1. The van der Waals surface area contributed by atoms with E-state index in [9.17, 15) is 9.59 Å². The standard InChI is InChI=1S/C19H18N2O4/c1-3-4-15-16(9-8-14-7-5-12(2)25-14)20-17-10-6-13(19(23)24)11-21(17)18(15)22/h5-11H,3-4H2,1-2H3,(H,23,24). The first-order valence-electron chi connectivity index (χ1n) is 8.02. The highest BCUT2D eigenvalue weighted by molar-refractivity contribution is 5.87.